The van der Waals surface area contributed by atoms with Crippen LogP contribution in [-0.2, 0) is 4.84 Å². The Kier molecular flexibility index (Phi) is 5.22. The van der Waals surface area contributed by atoms with E-state index < -0.39 is 23.5 Å². The number of amides is 1. The fraction of sp³-hybridized carbons (Fsp3) is 0.278. The molecule has 1 fully saturated rings. The first-order chi connectivity index (χ1) is 12.4. The van der Waals surface area contributed by atoms with Crippen LogP contribution in [0.25, 0.3) is 0 Å². The second kappa shape index (κ2) is 7.57. The van der Waals surface area contributed by atoms with Crippen LogP contribution < -0.4 is 5.32 Å². The van der Waals surface area contributed by atoms with Gasteiger partial charge in [0.25, 0.3) is 0 Å². The van der Waals surface area contributed by atoms with Crippen LogP contribution in [0.15, 0.2) is 36.4 Å². The molecule has 0 radical (unpaired) electrons. The summed E-state index contributed by atoms with van der Waals surface area (Å²) in [4.78, 5) is 17.0. The van der Waals surface area contributed by atoms with Gasteiger partial charge in [-0.2, -0.15) is 0 Å². The third kappa shape index (κ3) is 4.20. The molecule has 0 saturated carbocycles. The number of hydrogen-bond donors (Lipinski definition) is 3. The average Bonchev–Trinajstić information content (AvgIpc) is 2.59. The van der Waals surface area contributed by atoms with Gasteiger partial charge in [-0.1, -0.05) is 6.07 Å². The highest BCUT2D eigenvalue weighted by atomic mass is 19.1. The van der Waals surface area contributed by atoms with Crippen LogP contribution in [0.2, 0.25) is 0 Å². The number of hydrogen-bond acceptors (Lipinski definition) is 5. The van der Waals surface area contributed by atoms with Crippen molar-refractivity contribution in [3.63, 3.8) is 0 Å². The Morgan fingerprint density at radius 2 is 1.85 bits per heavy atom. The largest absolute Gasteiger partial charge is 0.508 e. The topological polar surface area (TPSA) is 82.0 Å². The summed E-state index contributed by atoms with van der Waals surface area (Å²) in [5.74, 6) is -2.13. The minimum absolute atomic E-state index is 0.115. The number of carbonyl (C=O) groups excluding carboxylic acids is 1. The Morgan fingerprint density at radius 1 is 1.12 bits per heavy atom. The summed E-state index contributed by atoms with van der Waals surface area (Å²) in [6.45, 7) is 0.784. The van der Waals surface area contributed by atoms with Crippen LogP contribution in [0, 0.1) is 11.6 Å². The number of halogens is 2. The maximum Gasteiger partial charge on any atom is 0.430 e. The molecule has 6 nitrogen and oxygen atoms in total. The van der Waals surface area contributed by atoms with E-state index in [1.54, 1.807) is 6.07 Å². The van der Waals surface area contributed by atoms with Gasteiger partial charge in [0.2, 0.25) is 0 Å². The lowest BCUT2D eigenvalue weighted by Crippen LogP contribution is -2.36. The Balaban J connectivity index is 1.54. The molecule has 0 aromatic heterocycles. The number of hydroxylamine groups is 2. The maximum absolute atomic E-state index is 13.5. The molecule has 138 valence electrons. The van der Waals surface area contributed by atoms with Crippen LogP contribution >= 0.6 is 0 Å². The van der Waals surface area contributed by atoms with Crippen molar-refractivity contribution in [3.05, 3.63) is 53.6 Å². The van der Waals surface area contributed by atoms with E-state index in [0.717, 1.165) is 12.1 Å². The lowest BCUT2D eigenvalue weighted by molar-refractivity contribution is -0.108. The molecular weight excluding hydrogens is 346 g/mol. The van der Waals surface area contributed by atoms with Crippen molar-refractivity contribution in [1.29, 1.82) is 0 Å². The molecule has 1 aliphatic heterocycles. The van der Waals surface area contributed by atoms with Gasteiger partial charge in [0.1, 0.15) is 11.6 Å². The van der Waals surface area contributed by atoms with Crippen molar-refractivity contribution in [2.75, 3.05) is 18.4 Å². The number of carbonyl (C=O) groups is 1. The molecular formula is C18H18F2N2O4. The summed E-state index contributed by atoms with van der Waals surface area (Å²) in [7, 11) is 0. The number of phenols is 2. The fourth-order valence-electron chi connectivity index (χ4n) is 2.98. The Morgan fingerprint density at radius 3 is 2.54 bits per heavy atom. The molecule has 1 saturated heterocycles. The highest BCUT2D eigenvalue weighted by molar-refractivity contribution is 5.84. The van der Waals surface area contributed by atoms with Gasteiger partial charge in [-0.15, -0.1) is 5.06 Å². The summed E-state index contributed by atoms with van der Waals surface area (Å²) < 4.78 is 26.6. The zero-order valence-corrected chi connectivity index (χ0v) is 13.8. The van der Waals surface area contributed by atoms with Gasteiger partial charge in [-0.3, -0.25) is 5.32 Å². The van der Waals surface area contributed by atoms with Gasteiger partial charge in [-0.25, -0.2) is 13.6 Å². The van der Waals surface area contributed by atoms with Crippen molar-refractivity contribution < 1.29 is 28.6 Å². The molecule has 0 aliphatic carbocycles. The number of nitrogens with one attached hydrogen (secondary N) is 1. The van der Waals surface area contributed by atoms with Crippen molar-refractivity contribution >= 4 is 11.8 Å². The zero-order valence-electron chi connectivity index (χ0n) is 13.8. The molecule has 0 bridgehead atoms. The first-order valence-corrected chi connectivity index (χ1v) is 8.13. The monoisotopic (exact) mass is 364 g/mol. The standard InChI is InChI=1S/C18H18F2N2O4/c19-12-2-1-3-13(8-12)21-18(25)26-22-6-4-11(5-7-22)14-9-15(20)17(24)10-16(14)23/h1-3,8-11,23-24H,4-7H2,(H,21,25). The maximum atomic E-state index is 13.5. The van der Waals surface area contributed by atoms with Gasteiger partial charge < -0.3 is 15.1 Å². The number of rotatable bonds is 3. The Hall–Kier alpha value is -2.87. The van der Waals surface area contributed by atoms with Gasteiger partial charge in [-0.05, 0) is 43.0 Å². The quantitative estimate of drug-likeness (QED) is 0.773. The summed E-state index contributed by atoms with van der Waals surface area (Å²) in [5, 5.41) is 23.1. The van der Waals surface area contributed by atoms with Gasteiger partial charge in [0.05, 0.1) is 0 Å². The smallest absolute Gasteiger partial charge is 0.430 e. The summed E-state index contributed by atoms with van der Waals surface area (Å²) in [5.41, 5.74) is 0.707. The molecule has 1 aliphatic rings. The zero-order chi connectivity index (χ0) is 18.7. The average molecular weight is 364 g/mol. The van der Waals surface area contributed by atoms with E-state index in [4.69, 9.17) is 4.84 Å². The second-order valence-corrected chi connectivity index (χ2v) is 6.08. The normalized spacial score (nSPS) is 15.6. The number of nitrogens with zero attached hydrogens (tertiary/aromatic N) is 1. The van der Waals surface area contributed by atoms with Gasteiger partial charge >= 0.3 is 6.09 Å². The van der Waals surface area contributed by atoms with E-state index in [1.165, 1.54) is 23.3 Å². The summed E-state index contributed by atoms with van der Waals surface area (Å²) in [6.07, 6.45) is 0.336. The van der Waals surface area contributed by atoms with Crippen LogP contribution in [-0.4, -0.2) is 34.5 Å². The molecule has 1 heterocycles. The van der Waals surface area contributed by atoms with Crippen LogP contribution in [0.5, 0.6) is 11.5 Å². The van der Waals surface area contributed by atoms with Crippen molar-refractivity contribution in [3.8, 4) is 11.5 Å². The minimum Gasteiger partial charge on any atom is -0.508 e. The third-order valence-corrected chi connectivity index (χ3v) is 4.27. The number of anilines is 1. The SMILES string of the molecule is O=C(Nc1cccc(F)c1)ON1CCC(c2cc(F)c(O)cc2O)CC1. The van der Waals surface area contributed by atoms with E-state index in [2.05, 4.69) is 5.32 Å². The number of benzene rings is 2. The van der Waals surface area contributed by atoms with Crippen LogP contribution in [0.4, 0.5) is 19.3 Å². The van der Waals surface area contributed by atoms with E-state index >= 15 is 0 Å². The van der Waals surface area contributed by atoms with Crippen molar-refractivity contribution in [2.24, 2.45) is 0 Å². The molecule has 0 unspecified atom stereocenters. The number of piperidine rings is 1. The minimum atomic E-state index is -0.786. The second-order valence-electron chi connectivity index (χ2n) is 6.08. The fourth-order valence-corrected chi connectivity index (χ4v) is 2.98. The summed E-state index contributed by atoms with van der Waals surface area (Å²) >= 11 is 0. The predicted octanol–water partition coefficient (Wildman–Crippen LogP) is 3.72. The number of aromatic hydroxyl groups is 2. The molecule has 3 N–H and O–H groups in total. The number of phenolic OH excluding ortho intramolecular Hbond substituents is 2. The van der Waals surface area contributed by atoms with E-state index in [1.807, 2.05) is 0 Å². The molecule has 1 amide bonds. The van der Waals surface area contributed by atoms with E-state index in [0.29, 0.717) is 31.5 Å². The van der Waals surface area contributed by atoms with E-state index in [9.17, 15) is 23.8 Å². The molecule has 0 spiro atoms. The first-order valence-electron chi connectivity index (χ1n) is 8.13. The van der Waals surface area contributed by atoms with Crippen LogP contribution in [0.1, 0.15) is 24.3 Å². The first kappa shape index (κ1) is 17.9. The van der Waals surface area contributed by atoms with Gasteiger partial charge in [0, 0.05) is 30.4 Å². The predicted molar refractivity (Wildman–Crippen MR) is 89.8 cm³/mol. The molecule has 0 atom stereocenters. The molecule has 3 rings (SSSR count). The lowest BCUT2D eigenvalue weighted by atomic mass is 9.89. The Bertz CT molecular complexity index is 808. The highest BCUT2D eigenvalue weighted by Crippen LogP contribution is 2.36. The third-order valence-electron chi connectivity index (χ3n) is 4.27. The van der Waals surface area contributed by atoms with Gasteiger partial charge in [0.15, 0.2) is 11.6 Å². The molecule has 2 aromatic rings. The molecule has 26 heavy (non-hydrogen) atoms. The lowest BCUT2D eigenvalue weighted by Gasteiger charge is -2.30. The summed E-state index contributed by atoms with van der Waals surface area (Å²) in [6, 6.07) is 7.57. The van der Waals surface area contributed by atoms with Crippen molar-refractivity contribution in [1.82, 2.24) is 5.06 Å². The van der Waals surface area contributed by atoms with Crippen molar-refractivity contribution in [2.45, 2.75) is 18.8 Å². The molecule has 8 heteroatoms. The van der Waals surface area contributed by atoms with E-state index in [-0.39, 0.29) is 17.4 Å². The Labute approximate surface area is 148 Å². The highest BCUT2D eigenvalue weighted by Gasteiger charge is 2.26. The van der Waals surface area contributed by atoms with Crippen LogP contribution in [0.3, 0.4) is 0 Å². The molecule has 2 aromatic carbocycles.